The maximum atomic E-state index is 13.8. The maximum Gasteiger partial charge on any atom is 0.258 e. The number of aromatic nitrogens is 1. The molecule has 0 saturated carbocycles. The summed E-state index contributed by atoms with van der Waals surface area (Å²) in [5.41, 5.74) is 0.551. The lowest BCUT2D eigenvalue weighted by atomic mass is 10.2. The molecule has 3 aromatic rings. The highest BCUT2D eigenvalue weighted by molar-refractivity contribution is 6.04. The Hall–Kier alpha value is -3.88. The van der Waals surface area contributed by atoms with Crippen LogP contribution in [0.15, 0.2) is 60.8 Å². The largest absolute Gasteiger partial charge is 0.355 e. The summed E-state index contributed by atoms with van der Waals surface area (Å²) in [4.78, 5) is 33.1. The van der Waals surface area contributed by atoms with Crippen molar-refractivity contribution >= 4 is 23.3 Å². The van der Waals surface area contributed by atoms with Gasteiger partial charge in [0.1, 0.15) is 23.3 Å². The Morgan fingerprint density at radius 1 is 0.848 bits per heavy atom. The van der Waals surface area contributed by atoms with E-state index in [9.17, 15) is 22.8 Å². The van der Waals surface area contributed by atoms with Gasteiger partial charge in [-0.1, -0.05) is 0 Å². The van der Waals surface area contributed by atoms with Crippen molar-refractivity contribution in [3.05, 3.63) is 89.4 Å². The number of nitrogens with one attached hydrogen (secondary N) is 1. The number of rotatable bonds is 4. The smallest absolute Gasteiger partial charge is 0.258 e. The van der Waals surface area contributed by atoms with Gasteiger partial charge in [0.15, 0.2) is 0 Å². The Labute approximate surface area is 188 Å². The topological polar surface area (TPSA) is 65.5 Å². The van der Waals surface area contributed by atoms with Crippen molar-refractivity contribution in [2.45, 2.75) is 6.42 Å². The summed E-state index contributed by atoms with van der Waals surface area (Å²) in [6, 6.07) is 11.6. The lowest BCUT2D eigenvalue weighted by Crippen LogP contribution is -2.35. The molecule has 0 spiro atoms. The molecule has 170 valence electrons. The SMILES string of the molecule is O=C(Nc1ccc(N2CCCN(C(=O)c3ccc(F)cc3)CC2)nc1)c1ccc(F)cc1F. The molecular formula is C24H21F3N4O2. The van der Waals surface area contributed by atoms with Crippen LogP contribution in [0.25, 0.3) is 0 Å². The van der Waals surface area contributed by atoms with Crippen LogP contribution in [0.5, 0.6) is 0 Å². The van der Waals surface area contributed by atoms with E-state index >= 15 is 0 Å². The van der Waals surface area contributed by atoms with Gasteiger partial charge in [-0.25, -0.2) is 18.2 Å². The Balaban J connectivity index is 1.37. The normalized spacial score (nSPS) is 14.0. The first-order valence-electron chi connectivity index (χ1n) is 10.4. The molecule has 1 aromatic heterocycles. The molecule has 0 unspecified atom stereocenters. The molecule has 0 radical (unpaired) electrons. The molecule has 6 nitrogen and oxygen atoms in total. The van der Waals surface area contributed by atoms with Crippen molar-refractivity contribution in [2.24, 2.45) is 0 Å². The number of hydrogen-bond donors (Lipinski definition) is 1. The highest BCUT2D eigenvalue weighted by Crippen LogP contribution is 2.19. The molecule has 1 aliphatic rings. The van der Waals surface area contributed by atoms with Gasteiger partial charge in [0.25, 0.3) is 11.8 Å². The molecule has 4 rings (SSSR count). The van der Waals surface area contributed by atoms with Crippen molar-refractivity contribution in [2.75, 3.05) is 36.4 Å². The predicted molar refractivity (Wildman–Crippen MR) is 118 cm³/mol. The molecule has 9 heteroatoms. The lowest BCUT2D eigenvalue weighted by Gasteiger charge is -2.23. The molecule has 1 aliphatic heterocycles. The average Bonchev–Trinajstić information content (AvgIpc) is 3.06. The number of anilines is 2. The van der Waals surface area contributed by atoms with E-state index in [1.54, 1.807) is 17.0 Å². The first-order valence-corrected chi connectivity index (χ1v) is 10.4. The fourth-order valence-electron chi connectivity index (χ4n) is 3.64. The number of carbonyl (C=O) groups excluding carboxylic acids is 2. The minimum atomic E-state index is -0.943. The number of amides is 2. The summed E-state index contributed by atoms with van der Waals surface area (Å²) in [5, 5.41) is 2.54. The summed E-state index contributed by atoms with van der Waals surface area (Å²) in [7, 11) is 0. The molecule has 2 heterocycles. The Kier molecular flexibility index (Phi) is 6.58. The monoisotopic (exact) mass is 454 g/mol. The quantitative estimate of drug-likeness (QED) is 0.645. The van der Waals surface area contributed by atoms with Crippen LogP contribution in [0.1, 0.15) is 27.1 Å². The molecule has 1 fully saturated rings. The summed E-state index contributed by atoms with van der Waals surface area (Å²) < 4.78 is 40.0. The fraction of sp³-hybridized carbons (Fsp3) is 0.208. The van der Waals surface area contributed by atoms with Gasteiger partial charge in [0.05, 0.1) is 17.4 Å². The zero-order chi connectivity index (χ0) is 23.4. The van der Waals surface area contributed by atoms with E-state index in [2.05, 4.69) is 10.3 Å². The number of benzene rings is 2. The molecule has 0 aliphatic carbocycles. The van der Waals surface area contributed by atoms with Gasteiger partial charge in [0.2, 0.25) is 0 Å². The van der Waals surface area contributed by atoms with E-state index in [1.807, 2.05) is 4.90 Å². The van der Waals surface area contributed by atoms with Crippen molar-refractivity contribution in [1.82, 2.24) is 9.88 Å². The van der Waals surface area contributed by atoms with Gasteiger partial charge < -0.3 is 15.1 Å². The Morgan fingerprint density at radius 3 is 2.30 bits per heavy atom. The summed E-state index contributed by atoms with van der Waals surface area (Å²) in [5.74, 6) is -2.26. The lowest BCUT2D eigenvalue weighted by molar-refractivity contribution is 0.0766. The van der Waals surface area contributed by atoms with E-state index in [4.69, 9.17) is 0 Å². The third-order valence-corrected chi connectivity index (χ3v) is 5.38. The molecule has 33 heavy (non-hydrogen) atoms. The first kappa shape index (κ1) is 22.3. The van der Waals surface area contributed by atoms with Crippen LogP contribution in [-0.2, 0) is 0 Å². The molecule has 0 atom stereocenters. The van der Waals surface area contributed by atoms with Crippen LogP contribution >= 0.6 is 0 Å². The second-order valence-corrected chi connectivity index (χ2v) is 7.62. The van der Waals surface area contributed by atoms with Crippen LogP contribution in [0, 0.1) is 17.5 Å². The first-order chi connectivity index (χ1) is 15.9. The molecule has 1 N–H and O–H groups in total. The highest BCUT2D eigenvalue weighted by atomic mass is 19.1. The van der Waals surface area contributed by atoms with Gasteiger partial charge in [-0.15, -0.1) is 0 Å². The van der Waals surface area contributed by atoms with E-state index in [0.717, 1.165) is 18.6 Å². The van der Waals surface area contributed by atoms with Gasteiger partial charge in [-0.3, -0.25) is 9.59 Å². The van der Waals surface area contributed by atoms with Crippen LogP contribution < -0.4 is 10.2 Å². The molecule has 1 saturated heterocycles. The van der Waals surface area contributed by atoms with E-state index in [-0.39, 0.29) is 17.3 Å². The average molecular weight is 454 g/mol. The van der Waals surface area contributed by atoms with Gasteiger partial charge in [-0.2, -0.15) is 0 Å². The number of pyridine rings is 1. The maximum absolute atomic E-state index is 13.8. The molecular weight excluding hydrogens is 433 g/mol. The van der Waals surface area contributed by atoms with Gasteiger partial charge in [0, 0.05) is 37.8 Å². The number of hydrogen-bond acceptors (Lipinski definition) is 4. The predicted octanol–water partition coefficient (Wildman–Crippen LogP) is 4.10. The van der Waals surface area contributed by atoms with Crippen molar-refractivity contribution in [3.8, 4) is 0 Å². The van der Waals surface area contributed by atoms with Crippen LogP contribution in [-0.4, -0.2) is 47.9 Å². The number of carbonyl (C=O) groups is 2. The van der Waals surface area contributed by atoms with Crippen molar-refractivity contribution in [3.63, 3.8) is 0 Å². The van der Waals surface area contributed by atoms with Crippen LogP contribution in [0.4, 0.5) is 24.7 Å². The van der Waals surface area contributed by atoms with Crippen molar-refractivity contribution < 1.29 is 22.8 Å². The second kappa shape index (κ2) is 9.72. The van der Waals surface area contributed by atoms with E-state index in [1.165, 1.54) is 30.5 Å². The van der Waals surface area contributed by atoms with Crippen LogP contribution in [0.3, 0.4) is 0 Å². The zero-order valence-corrected chi connectivity index (χ0v) is 17.6. The highest BCUT2D eigenvalue weighted by Gasteiger charge is 2.21. The zero-order valence-electron chi connectivity index (χ0n) is 17.6. The summed E-state index contributed by atoms with van der Waals surface area (Å²) in [6.45, 7) is 2.31. The third-order valence-electron chi connectivity index (χ3n) is 5.38. The number of halogens is 3. The minimum absolute atomic E-state index is 0.143. The minimum Gasteiger partial charge on any atom is -0.355 e. The molecule has 0 bridgehead atoms. The van der Waals surface area contributed by atoms with Crippen molar-refractivity contribution in [1.29, 1.82) is 0 Å². The van der Waals surface area contributed by atoms with E-state index < -0.39 is 17.5 Å². The fourth-order valence-corrected chi connectivity index (χ4v) is 3.64. The standard InChI is InChI=1S/C24H21F3N4O2/c25-17-4-2-16(3-5-17)24(33)31-11-1-10-30(12-13-31)22-9-7-19(15-28-22)29-23(32)20-8-6-18(26)14-21(20)27/h2-9,14-15H,1,10-13H2,(H,29,32). The van der Waals surface area contributed by atoms with Gasteiger partial charge in [-0.05, 0) is 55.0 Å². The Bertz CT molecular complexity index is 1150. The second-order valence-electron chi connectivity index (χ2n) is 7.62. The van der Waals surface area contributed by atoms with Crippen LogP contribution in [0.2, 0.25) is 0 Å². The summed E-state index contributed by atoms with van der Waals surface area (Å²) in [6.07, 6.45) is 2.19. The third kappa shape index (κ3) is 5.31. The number of nitrogens with zero attached hydrogens (tertiary/aromatic N) is 3. The summed E-state index contributed by atoms with van der Waals surface area (Å²) >= 11 is 0. The molecule has 2 aromatic carbocycles. The van der Waals surface area contributed by atoms with E-state index in [0.29, 0.717) is 49.3 Å². The Morgan fingerprint density at radius 2 is 1.61 bits per heavy atom. The molecule has 2 amide bonds. The van der Waals surface area contributed by atoms with Gasteiger partial charge >= 0.3 is 0 Å².